The van der Waals surface area contributed by atoms with Gasteiger partial charge >= 0.3 is 21.0 Å². The molecule has 0 heterocycles. The van der Waals surface area contributed by atoms with Crippen LogP contribution in [0.25, 0.3) is 0 Å². The van der Waals surface area contributed by atoms with Gasteiger partial charge < -0.3 is 0 Å². The molecule has 0 aliphatic heterocycles. The summed E-state index contributed by atoms with van der Waals surface area (Å²) in [7, 11) is -5.68. The number of rotatable bonds is 1. The van der Waals surface area contributed by atoms with E-state index in [4.69, 9.17) is 4.55 Å². The summed E-state index contributed by atoms with van der Waals surface area (Å²) in [5.74, 6) is -4.62. The van der Waals surface area contributed by atoms with Gasteiger partial charge in [-0.2, -0.15) is 17.2 Å². The highest BCUT2D eigenvalue weighted by molar-refractivity contribution is 7.87. The zero-order valence-corrected chi connectivity index (χ0v) is 5.58. The second-order valence-electron chi connectivity index (χ2n) is 2.11. The molecule has 0 bridgehead atoms. The zero-order chi connectivity index (χ0) is 9.08. The minimum Gasteiger partial charge on any atom is -0.283 e. The predicted octanol–water partition coefficient (Wildman–Crippen LogP) is 0.527. The van der Waals surface area contributed by atoms with E-state index in [0.717, 1.165) is 0 Å². The molecule has 0 aromatic carbocycles. The number of hydrogen-bond acceptors (Lipinski definition) is 2. The second-order valence-corrected chi connectivity index (χ2v) is 3.65. The van der Waals surface area contributed by atoms with Crippen molar-refractivity contribution >= 4 is 10.1 Å². The van der Waals surface area contributed by atoms with Gasteiger partial charge in [0.15, 0.2) is 0 Å². The van der Waals surface area contributed by atoms with E-state index in [-0.39, 0.29) is 0 Å². The topological polar surface area (TPSA) is 54.4 Å². The molecule has 8 heteroatoms. The molecule has 2 unspecified atom stereocenters. The van der Waals surface area contributed by atoms with Crippen LogP contribution in [0.5, 0.6) is 0 Å². The van der Waals surface area contributed by atoms with Crippen molar-refractivity contribution in [1.82, 2.24) is 0 Å². The van der Waals surface area contributed by atoms with Crippen LogP contribution in [0.15, 0.2) is 0 Å². The molecular weight excluding hydrogens is 192 g/mol. The van der Waals surface area contributed by atoms with Crippen LogP contribution in [0.2, 0.25) is 0 Å². The van der Waals surface area contributed by atoms with Gasteiger partial charge in [0.1, 0.15) is 0 Å². The first-order valence-electron chi connectivity index (χ1n) is 2.33. The summed E-state index contributed by atoms with van der Waals surface area (Å²) < 4.78 is 75.0. The van der Waals surface area contributed by atoms with Crippen LogP contribution in [0, 0.1) is 0 Å². The van der Waals surface area contributed by atoms with Crippen molar-refractivity contribution in [2.24, 2.45) is 0 Å². The number of alkyl halides is 4. The molecule has 0 aromatic rings. The van der Waals surface area contributed by atoms with E-state index < -0.39 is 27.2 Å². The largest absolute Gasteiger partial charge is 0.337 e. The van der Waals surface area contributed by atoms with Crippen LogP contribution < -0.4 is 0 Å². The predicted molar refractivity (Wildman–Crippen MR) is 25.2 cm³/mol. The molecule has 0 radical (unpaired) electrons. The molecule has 1 aliphatic rings. The normalized spacial score (nSPS) is 42.1. The first kappa shape index (κ1) is 8.72. The van der Waals surface area contributed by atoms with Gasteiger partial charge in [0.2, 0.25) is 6.17 Å². The van der Waals surface area contributed by atoms with E-state index in [0.29, 0.717) is 0 Å². The van der Waals surface area contributed by atoms with Crippen LogP contribution in [-0.4, -0.2) is 30.1 Å². The molecule has 1 fully saturated rings. The lowest BCUT2D eigenvalue weighted by Gasteiger charge is -1.98. The summed E-state index contributed by atoms with van der Waals surface area (Å²) in [6.45, 7) is 0. The van der Waals surface area contributed by atoms with E-state index in [9.17, 15) is 26.0 Å². The fraction of sp³-hybridized carbons (Fsp3) is 1.00. The SMILES string of the molecule is O=S(=O)(O)C1(F)C(F)C1(F)F. The fourth-order valence-corrected chi connectivity index (χ4v) is 1.41. The van der Waals surface area contributed by atoms with Crippen molar-refractivity contribution in [1.29, 1.82) is 0 Å². The molecule has 0 aromatic heterocycles. The smallest absolute Gasteiger partial charge is 0.283 e. The highest BCUT2D eigenvalue weighted by atomic mass is 32.2. The Morgan fingerprint density at radius 2 is 1.55 bits per heavy atom. The molecule has 2 atom stereocenters. The van der Waals surface area contributed by atoms with Crippen LogP contribution in [-0.2, 0) is 10.1 Å². The van der Waals surface area contributed by atoms with E-state index in [1.807, 2.05) is 0 Å². The van der Waals surface area contributed by atoms with Gasteiger partial charge in [-0.3, -0.25) is 4.55 Å². The molecule has 0 spiro atoms. The first-order valence-corrected chi connectivity index (χ1v) is 3.77. The Morgan fingerprint density at radius 3 is 1.55 bits per heavy atom. The van der Waals surface area contributed by atoms with Crippen LogP contribution in [0.3, 0.4) is 0 Å². The van der Waals surface area contributed by atoms with E-state index in [1.54, 1.807) is 0 Å². The summed E-state index contributed by atoms with van der Waals surface area (Å²) >= 11 is 0. The van der Waals surface area contributed by atoms with E-state index in [1.165, 1.54) is 0 Å². The maximum Gasteiger partial charge on any atom is 0.337 e. The molecule has 1 N–H and O–H groups in total. The van der Waals surface area contributed by atoms with Gasteiger partial charge in [0.25, 0.3) is 0 Å². The van der Waals surface area contributed by atoms with Gasteiger partial charge in [-0.15, -0.1) is 0 Å². The number of hydrogen-bond donors (Lipinski definition) is 1. The average Bonchev–Trinajstić information content (AvgIpc) is 2.14. The highest BCUT2D eigenvalue weighted by Crippen LogP contribution is 2.60. The minimum absolute atomic E-state index is 3.47. The van der Waals surface area contributed by atoms with E-state index >= 15 is 0 Å². The lowest BCUT2D eigenvalue weighted by Crippen LogP contribution is -2.24. The van der Waals surface area contributed by atoms with Gasteiger partial charge in [-0.25, -0.2) is 8.78 Å². The van der Waals surface area contributed by atoms with Crippen LogP contribution >= 0.6 is 0 Å². The third kappa shape index (κ3) is 0.734. The highest BCUT2D eigenvalue weighted by Gasteiger charge is 2.92. The Morgan fingerprint density at radius 1 is 1.27 bits per heavy atom. The van der Waals surface area contributed by atoms with Crippen LogP contribution in [0.4, 0.5) is 17.6 Å². The molecular formula is C3H2F4O3S. The zero-order valence-electron chi connectivity index (χ0n) is 4.76. The molecule has 66 valence electrons. The Bertz CT molecular complexity index is 285. The molecule has 0 saturated heterocycles. The number of halogens is 4. The molecule has 1 aliphatic carbocycles. The van der Waals surface area contributed by atoms with Crippen molar-refractivity contribution in [2.75, 3.05) is 0 Å². The van der Waals surface area contributed by atoms with Gasteiger partial charge in [0, 0.05) is 0 Å². The van der Waals surface area contributed by atoms with Gasteiger partial charge in [0.05, 0.1) is 0 Å². The van der Waals surface area contributed by atoms with Gasteiger partial charge in [-0.05, 0) is 0 Å². The monoisotopic (exact) mass is 194 g/mol. The van der Waals surface area contributed by atoms with Crippen molar-refractivity contribution in [3.8, 4) is 0 Å². The Hall–Kier alpha value is -0.370. The lowest BCUT2D eigenvalue weighted by atomic mass is 10.8. The lowest BCUT2D eigenvalue weighted by molar-refractivity contribution is 0.0582. The van der Waals surface area contributed by atoms with Crippen molar-refractivity contribution in [3.63, 3.8) is 0 Å². The molecule has 1 rings (SSSR count). The van der Waals surface area contributed by atoms with Crippen molar-refractivity contribution in [2.45, 2.75) is 17.1 Å². The average molecular weight is 194 g/mol. The summed E-state index contributed by atoms with van der Waals surface area (Å²) in [6.07, 6.45) is -3.47. The first-order chi connectivity index (χ1) is 4.65. The maximum atomic E-state index is 12.2. The standard InChI is InChI=1S/C3H2F4O3S/c4-1-2(5,6)3(1,7)11(8,9)10/h1H,(H,8,9,10). The third-order valence-corrected chi connectivity index (χ3v) is 2.62. The minimum atomic E-state index is -5.68. The maximum absolute atomic E-state index is 12.2. The van der Waals surface area contributed by atoms with Gasteiger partial charge in [-0.1, -0.05) is 0 Å². The molecule has 0 amide bonds. The second kappa shape index (κ2) is 1.69. The third-order valence-electron chi connectivity index (χ3n) is 1.39. The van der Waals surface area contributed by atoms with Crippen molar-refractivity contribution in [3.05, 3.63) is 0 Å². The summed E-state index contributed by atoms with van der Waals surface area (Å²) in [5, 5.41) is -4.43. The molecule has 3 nitrogen and oxygen atoms in total. The molecule has 11 heavy (non-hydrogen) atoms. The molecule has 1 saturated carbocycles. The Kier molecular flexibility index (Phi) is 1.34. The summed E-state index contributed by atoms with van der Waals surface area (Å²) in [6, 6.07) is 0. The van der Waals surface area contributed by atoms with E-state index in [2.05, 4.69) is 0 Å². The Balaban J connectivity index is 3.12. The van der Waals surface area contributed by atoms with Crippen LogP contribution in [0.1, 0.15) is 0 Å². The summed E-state index contributed by atoms with van der Waals surface area (Å²) in [4.78, 5) is 0. The fourth-order valence-electron chi connectivity index (χ4n) is 0.615. The van der Waals surface area contributed by atoms with Crippen molar-refractivity contribution < 1.29 is 30.5 Å². The summed E-state index contributed by atoms with van der Waals surface area (Å²) in [5.41, 5.74) is 0. The Labute approximate surface area is 58.8 Å². The quantitative estimate of drug-likeness (QED) is 0.489.